The Morgan fingerprint density at radius 3 is 3.00 bits per heavy atom. The van der Waals surface area contributed by atoms with Crippen LogP contribution in [-0.4, -0.2) is 12.6 Å². The molecule has 1 N–H and O–H groups in total. The summed E-state index contributed by atoms with van der Waals surface area (Å²) in [6.07, 6.45) is 2.26. The normalized spacial score (nSPS) is 19.2. The SMILES string of the molecule is CCC(CC#N)NC1CCOc2c(Cl)cc(Cl)cc21. The van der Waals surface area contributed by atoms with Crippen LogP contribution >= 0.6 is 23.2 Å². The molecular formula is C14H16Cl2N2O. The van der Waals surface area contributed by atoms with Crippen molar-refractivity contribution in [3.8, 4) is 11.8 Å². The number of nitrogens with one attached hydrogen (secondary N) is 1. The van der Waals surface area contributed by atoms with E-state index >= 15 is 0 Å². The number of nitriles is 1. The number of benzene rings is 1. The Kier molecular flexibility index (Phi) is 4.93. The third kappa shape index (κ3) is 3.33. The van der Waals surface area contributed by atoms with Gasteiger partial charge in [-0.15, -0.1) is 0 Å². The monoisotopic (exact) mass is 298 g/mol. The van der Waals surface area contributed by atoms with Gasteiger partial charge < -0.3 is 10.1 Å². The molecule has 2 atom stereocenters. The lowest BCUT2D eigenvalue weighted by atomic mass is 9.98. The van der Waals surface area contributed by atoms with Crippen LogP contribution in [0.2, 0.25) is 10.0 Å². The number of ether oxygens (including phenoxy) is 1. The van der Waals surface area contributed by atoms with Crippen LogP contribution in [-0.2, 0) is 0 Å². The summed E-state index contributed by atoms with van der Waals surface area (Å²) in [4.78, 5) is 0. The van der Waals surface area contributed by atoms with Crippen molar-refractivity contribution >= 4 is 23.2 Å². The van der Waals surface area contributed by atoms with E-state index in [1.807, 2.05) is 6.07 Å². The fraction of sp³-hybridized carbons (Fsp3) is 0.500. The van der Waals surface area contributed by atoms with Gasteiger partial charge in [-0.1, -0.05) is 30.1 Å². The minimum Gasteiger partial charge on any atom is -0.492 e. The van der Waals surface area contributed by atoms with Crippen LogP contribution in [0.5, 0.6) is 5.75 Å². The number of nitrogens with zero attached hydrogens (tertiary/aromatic N) is 1. The molecule has 1 aromatic carbocycles. The highest BCUT2D eigenvalue weighted by Crippen LogP contribution is 2.40. The summed E-state index contributed by atoms with van der Waals surface area (Å²) in [6, 6.07) is 6.10. The summed E-state index contributed by atoms with van der Waals surface area (Å²) in [5, 5.41) is 13.5. The molecule has 0 saturated carbocycles. The van der Waals surface area contributed by atoms with Crippen LogP contribution in [0.25, 0.3) is 0 Å². The average Bonchev–Trinajstić information content (AvgIpc) is 2.39. The van der Waals surface area contributed by atoms with Crippen LogP contribution in [0.4, 0.5) is 0 Å². The lowest BCUT2D eigenvalue weighted by molar-refractivity contribution is 0.243. The quantitative estimate of drug-likeness (QED) is 0.910. The number of rotatable bonds is 4. The molecule has 5 heteroatoms. The third-order valence-corrected chi connectivity index (χ3v) is 3.83. The van der Waals surface area contributed by atoms with Gasteiger partial charge in [0, 0.05) is 29.1 Å². The topological polar surface area (TPSA) is 45.0 Å². The van der Waals surface area contributed by atoms with Gasteiger partial charge in [-0.3, -0.25) is 0 Å². The van der Waals surface area contributed by atoms with E-state index in [1.54, 1.807) is 6.07 Å². The highest BCUT2D eigenvalue weighted by atomic mass is 35.5. The Morgan fingerprint density at radius 1 is 1.53 bits per heavy atom. The van der Waals surface area contributed by atoms with Crippen LogP contribution in [0.3, 0.4) is 0 Å². The maximum absolute atomic E-state index is 8.82. The zero-order valence-corrected chi connectivity index (χ0v) is 12.3. The maximum Gasteiger partial charge on any atom is 0.142 e. The van der Waals surface area contributed by atoms with Crippen molar-refractivity contribution in [2.24, 2.45) is 0 Å². The fourth-order valence-electron chi connectivity index (χ4n) is 2.31. The van der Waals surface area contributed by atoms with Gasteiger partial charge in [-0.2, -0.15) is 5.26 Å². The van der Waals surface area contributed by atoms with Crippen LogP contribution in [0.1, 0.15) is 37.8 Å². The molecule has 0 fully saturated rings. The van der Waals surface area contributed by atoms with Crippen molar-refractivity contribution in [1.82, 2.24) is 5.32 Å². The van der Waals surface area contributed by atoms with E-state index < -0.39 is 0 Å². The summed E-state index contributed by atoms with van der Waals surface area (Å²) in [7, 11) is 0. The van der Waals surface area contributed by atoms with E-state index in [1.165, 1.54) is 0 Å². The van der Waals surface area contributed by atoms with Gasteiger partial charge >= 0.3 is 0 Å². The van der Waals surface area contributed by atoms with Crippen LogP contribution < -0.4 is 10.1 Å². The number of fused-ring (bicyclic) bond motifs is 1. The summed E-state index contributed by atoms with van der Waals surface area (Å²) >= 11 is 12.2. The molecule has 1 heterocycles. The van der Waals surface area contributed by atoms with Crippen molar-refractivity contribution in [2.45, 2.75) is 38.3 Å². The number of hydrogen-bond donors (Lipinski definition) is 1. The van der Waals surface area contributed by atoms with Crippen LogP contribution in [0, 0.1) is 11.3 Å². The first-order valence-electron chi connectivity index (χ1n) is 6.40. The molecule has 0 aromatic heterocycles. The Labute approximate surface area is 123 Å². The lowest BCUT2D eigenvalue weighted by Gasteiger charge is -2.30. The molecule has 1 aliphatic rings. The van der Waals surface area contributed by atoms with Gasteiger partial charge in [0.05, 0.1) is 24.1 Å². The van der Waals surface area contributed by atoms with Gasteiger partial charge in [0.1, 0.15) is 5.75 Å². The molecular weight excluding hydrogens is 283 g/mol. The number of hydrogen-bond acceptors (Lipinski definition) is 3. The molecule has 102 valence electrons. The van der Waals surface area contributed by atoms with E-state index in [0.29, 0.717) is 28.8 Å². The highest BCUT2D eigenvalue weighted by Gasteiger charge is 2.25. The van der Waals surface area contributed by atoms with Gasteiger partial charge in [0.25, 0.3) is 0 Å². The molecule has 2 unspecified atom stereocenters. The Bertz CT molecular complexity index is 499. The zero-order valence-electron chi connectivity index (χ0n) is 10.7. The molecule has 0 amide bonds. The first-order chi connectivity index (χ1) is 9.15. The van der Waals surface area contributed by atoms with E-state index in [9.17, 15) is 0 Å². The van der Waals surface area contributed by atoms with Crippen molar-refractivity contribution in [2.75, 3.05) is 6.61 Å². The molecule has 2 rings (SSSR count). The Hall–Kier alpha value is -0.950. The lowest BCUT2D eigenvalue weighted by Crippen LogP contribution is -2.35. The number of halogens is 2. The molecule has 3 nitrogen and oxygen atoms in total. The van der Waals surface area contributed by atoms with E-state index in [-0.39, 0.29) is 12.1 Å². The summed E-state index contributed by atoms with van der Waals surface area (Å²) in [6.45, 7) is 2.69. The molecule has 0 spiro atoms. The smallest absolute Gasteiger partial charge is 0.142 e. The predicted molar refractivity (Wildman–Crippen MR) is 76.8 cm³/mol. The van der Waals surface area contributed by atoms with Gasteiger partial charge in [-0.25, -0.2) is 0 Å². The molecule has 0 aliphatic carbocycles. The van der Waals surface area contributed by atoms with E-state index in [4.69, 9.17) is 33.2 Å². The largest absolute Gasteiger partial charge is 0.492 e. The van der Waals surface area contributed by atoms with Gasteiger partial charge in [-0.05, 0) is 18.6 Å². The Balaban J connectivity index is 2.24. The first kappa shape index (κ1) is 14.5. The van der Waals surface area contributed by atoms with E-state index in [2.05, 4.69) is 18.3 Å². The maximum atomic E-state index is 8.82. The van der Waals surface area contributed by atoms with Gasteiger partial charge in [0.2, 0.25) is 0 Å². The molecule has 19 heavy (non-hydrogen) atoms. The van der Waals surface area contributed by atoms with Crippen molar-refractivity contribution in [3.05, 3.63) is 27.7 Å². The van der Waals surface area contributed by atoms with E-state index in [0.717, 1.165) is 18.4 Å². The van der Waals surface area contributed by atoms with Crippen molar-refractivity contribution in [3.63, 3.8) is 0 Å². The second-order valence-corrected chi connectivity index (χ2v) is 5.47. The second kappa shape index (κ2) is 6.47. The standard InChI is InChI=1S/C14H16Cl2N2O/c1-2-10(3-5-17)18-13-4-6-19-14-11(13)7-9(15)8-12(14)16/h7-8,10,13,18H,2-4,6H2,1H3. The van der Waals surface area contributed by atoms with Crippen molar-refractivity contribution < 1.29 is 4.74 Å². The average molecular weight is 299 g/mol. The minimum atomic E-state index is 0.137. The Morgan fingerprint density at radius 2 is 2.32 bits per heavy atom. The molecule has 0 radical (unpaired) electrons. The summed E-state index contributed by atoms with van der Waals surface area (Å²) in [5.74, 6) is 0.710. The second-order valence-electron chi connectivity index (χ2n) is 4.63. The molecule has 0 saturated heterocycles. The highest BCUT2D eigenvalue weighted by molar-refractivity contribution is 6.35. The van der Waals surface area contributed by atoms with Crippen molar-refractivity contribution in [1.29, 1.82) is 5.26 Å². The van der Waals surface area contributed by atoms with Gasteiger partial charge in [0.15, 0.2) is 0 Å². The summed E-state index contributed by atoms with van der Waals surface area (Å²) < 4.78 is 5.62. The molecule has 1 aliphatic heterocycles. The first-order valence-corrected chi connectivity index (χ1v) is 7.16. The van der Waals surface area contributed by atoms with Crippen LogP contribution in [0.15, 0.2) is 12.1 Å². The zero-order chi connectivity index (χ0) is 13.8. The third-order valence-electron chi connectivity index (χ3n) is 3.33. The molecule has 0 bridgehead atoms. The predicted octanol–water partition coefficient (Wildman–Crippen LogP) is 4.10. The fourth-order valence-corrected chi connectivity index (χ4v) is 2.88. The summed E-state index contributed by atoms with van der Waals surface area (Å²) in [5.41, 5.74) is 0.986. The minimum absolute atomic E-state index is 0.137. The molecule has 1 aromatic rings.